The number of hydrogen-bond acceptors (Lipinski definition) is 13. The third-order valence-corrected chi connectivity index (χ3v) is 10.4. The van der Waals surface area contributed by atoms with Crippen LogP contribution in [-0.4, -0.2) is 117 Å². The van der Waals surface area contributed by atoms with Crippen molar-refractivity contribution < 1.29 is 28.3 Å². The second kappa shape index (κ2) is 17.5. The number of nitrogens with two attached hydrogens (primary N) is 1. The molecule has 4 aromatic heterocycles. The minimum atomic E-state index is -0.547. The number of likely N-dealkylation sites (N-methyl/N-ethyl adjacent to an activating group) is 1. The van der Waals surface area contributed by atoms with Gasteiger partial charge in [-0.05, 0) is 52.4 Å². The summed E-state index contributed by atoms with van der Waals surface area (Å²) in [6.07, 6.45) is 4.90. The third-order valence-electron chi connectivity index (χ3n) is 9.64. The van der Waals surface area contributed by atoms with Crippen LogP contribution < -0.4 is 31.6 Å². The maximum Gasteiger partial charge on any atom is 0.407 e. The lowest BCUT2D eigenvalue weighted by molar-refractivity contribution is -0.881. The lowest BCUT2D eigenvalue weighted by atomic mass is 9.93. The standard InChI is InChI=1S/C39H48N12O6S/c1-39(2,3)30-24-58-37(42-30)44-35(53)26-13-19-49-33(21-26)43-34(48-17-14-28(15-18-48)57-38(55)41-16-20-51(4,5)23-31(40)52)29(36(49)54)11-12-32-45-46-47-50(32)22-25-7-9-27(56-6)10-8-25/h7-13,19,21,24,28H,14-18,20,22-23H2,1-6H3,(H3-,40,41,42,44,52,53,55)/p+1. The summed E-state index contributed by atoms with van der Waals surface area (Å²) in [7, 11) is 5.32. The highest BCUT2D eigenvalue weighted by atomic mass is 32.1. The third kappa shape index (κ3) is 10.4. The maximum atomic E-state index is 14.3. The van der Waals surface area contributed by atoms with Crippen LogP contribution in [0.4, 0.5) is 15.7 Å². The number of rotatable bonds is 14. The van der Waals surface area contributed by atoms with E-state index in [9.17, 15) is 19.2 Å². The molecule has 0 radical (unpaired) electrons. The van der Waals surface area contributed by atoms with Crippen molar-refractivity contribution in [2.45, 2.75) is 51.7 Å². The SMILES string of the molecule is COc1ccc(Cn2nnnc2C=Cc2c(N3CCC(OC(=O)NCC[N+](C)(C)CC(N)=O)CC3)nc3cc(C(=O)Nc4nc(C(C)(C)C)cs4)ccn3c2=O)cc1. The number of anilines is 2. The first-order chi connectivity index (χ1) is 27.6. The molecule has 1 fully saturated rings. The minimum absolute atomic E-state index is 0.152. The van der Waals surface area contributed by atoms with Crippen molar-refractivity contribution in [3.63, 3.8) is 0 Å². The predicted molar refractivity (Wildman–Crippen MR) is 220 cm³/mol. The van der Waals surface area contributed by atoms with Crippen LogP contribution in [0.3, 0.4) is 0 Å². The number of primary amides is 1. The van der Waals surface area contributed by atoms with Crippen LogP contribution in [0.2, 0.25) is 0 Å². The number of tetrazole rings is 1. The molecule has 5 heterocycles. The highest BCUT2D eigenvalue weighted by Gasteiger charge is 2.27. The number of methoxy groups -OCH3 is 1. The average molecular weight is 814 g/mol. The second-order valence-electron chi connectivity index (χ2n) is 15.7. The molecule has 0 saturated carbocycles. The predicted octanol–water partition coefficient (Wildman–Crippen LogP) is 3.17. The molecule has 1 aromatic carbocycles. The van der Waals surface area contributed by atoms with Gasteiger partial charge >= 0.3 is 6.09 Å². The van der Waals surface area contributed by atoms with Gasteiger partial charge in [0, 0.05) is 48.5 Å². The quantitative estimate of drug-likeness (QED) is 0.138. The number of amides is 3. The number of quaternary nitrogens is 1. The Morgan fingerprint density at radius 2 is 1.81 bits per heavy atom. The van der Waals surface area contributed by atoms with Crippen LogP contribution in [0.25, 0.3) is 17.8 Å². The Balaban J connectivity index is 1.23. The molecule has 3 amide bonds. The zero-order valence-corrected chi connectivity index (χ0v) is 34.3. The van der Waals surface area contributed by atoms with Gasteiger partial charge in [-0.25, -0.2) is 19.4 Å². The number of fused-ring (bicyclic) bond motifs is 1. The monoisotopic (exact) mass is 813 g/mol. The summed E-state index contributed by atoms with van der Waals surface area (Å²) in [4.78, 5) is 63.2. The Morgan fingerprint density at radius 1 is 1.07 bits per heavy atom. The summed E-state index contributed by atoms with van der Waals surface area (Å²) in [5.74, 6) is 0.756. The molecule has 6 rings (SSSR count). The van der Waals surface area contributed by atoms with Gasteiger partial charge in [0.2, 0.25) is 0 Å². The average Bonchev–Trinajstić information content (AvgIpc) is 3.84. The topological polar surface area (TPSA) is 214 Å². The van der Waals surface area contributed by atoms with Crippen molar-refractivity contribution in [2.24, 2.45) is 5.73 Å². The summed E-state index contributed by atoms with van der Waals surface area (Å²) in [5, 5.41) is 20.2. The van der Waals surface area contributed by atoms with Crippen LogP contribution >= 0.6 is 11.3 Å². The van der Waals surface area contributed by atoms with Gasteiger partial charge in [0.05, 0.1) is 52.1 Å². The Morgan fingerprint density at radius 3 is 2.48 bits per heavy atom. The fourth-order valence-electron chi connectivity index (χ4n) is 6.36. The molecule has 0 unspecified atom stereocenters. The van der Waals surface area contributed by atoms with Gasteiger partial charge in [-0.2, -0.15) is 0 Å². The van der Waals surface area contributed by atoms with Gasteiger partial charge < -0.3 is 29.9 Å². The van der Waals surface area contributed by atoms with Crippen molar-refractivity contribution in [3.05, 3.63) is 86.5 Å². The number of alkyl carbamates (subject to hydrolysis) is 1. The number of carbonyl (C=O) groups is 3. The molecule has 5 aromatic rings. The molecule has 0 bridgehead atoms. The first-order valence-corrected chi connectivity index (χ1v) is 19.7. The number of benzene rings is 1. The van der Waals surface area contributed by atoms with Crippen molar-refractivity contribution in [2.75, 3.05) is 64.1 Å². The fourth-order valence-corrected chi connectivity index (χ4v) is 7.29. The summed E-state index contributed by atoms with van der Waals surface area (Å²) in [6, 6.07) is 10.7. The summed E-state index contributed by atoms with van der Waals surface area (Å²) < 4.78 is 14.3. The highest BCUT2D eigenvalue weighted by Crippen LogP contribution is 2.28. The van der Waals surface area contributed by atoms with E-state index >= 15 is 0 Å². The second-order valence-corrected chi connectivity index (χ2v) is 16.6. The molecule has 1 aliphatic rings. The van der Waals surface area contributed by atoms with E-state index in [4.69, 9.17) is 20.2 Å². The van der Waals surface area contributed by atoms with E-state index in [1.165, 1.54) is 21.9 Å². The van der Waals surface area contributed by atoms with E-state index in [1.807, 2.05) is 48.6 Å². The molecular weight excluding hydrogens is 765 g/mol. The van der Waals surface area contributed by atoms with E-state index in [-0.39, 0.29) is 35.2 Å². The minimum Gasteiger partial charge on any atom is -0.497 e. The zero-order valence-electron chi connectivity index (χ0n) is 33.5. The Labute approximate surface area is 339 Å². The van der Waals surface area contributed by atoms with Gasteiger partial charge in [-0.1, -0.05) is 32.9 Å². The van der Waals surface area contributed by atoms with E-state index < -0.39 is 12.0 Å². The lowest BCUT2D eigenvalue weighted by Crippen LogP contribution is -2.50. The van der Waals surface area contributed by atoms with Gasteiger partial charge in [-0.3, -0.25) is 24.1 Å². The molecule has 18 nitrogen and oxygen atoms in total. The Hall–Kier alpha value is -6.21. The van der Waals surface area contributed by atoms with E-state index in [1.54, 1.807) is 36.1 Å². The molecule has 19 heteroatoms. The smallest absolute Gasteiger partial charge is 0.407 e. The largest absolute Gasteiger partial charge is 0.497 e. The van der Waals surface area contributed by atoms with Crippen LogP contribution in [0.15, 0.2) is 52.8 Å². The molecular formula is C39H49N12O6S+. The van der Waals surface area contributed by atoms with E-state index in [2.05, 4.69) is 51.9 Å². The van der Waals surface area contributed by atoms with Crippen molar-refractivity contribution in [1.82, 2.24) is 39.9 Å². The highest BCUT2D eigenvalue weighted by molar-refractivity contribution is 7.14. The molecule has 58 heavy (non-hydrogen) atoms. The molecule has 0 spiro atoms. The molecule has 1 saturated heterocycles. The van der Waals surface area contributed by atoms with Gasteiger partial charge in [0.1, 0.15) is 23.3 Å². The first kappa shape index (κ1) is 41.4. The summed E-state index contributed by atoms with van der Waals surface area (Å²) >= 11 is 1.35. The number of carbonyl (C=O) groups excluding carboxylic acids is 3. The first-order valence-electron chi connectivity index (χ1n) is 18.8. The zero-order chi connectivity index (χ0) is 41.6. The molecule has 0 atom stereocenters. The Bertz CT molecular complexity index is 2350. The molecule has 1 aliphatic heterocycles. The lowest BCUT2D eigenvalue weighted by Gasteiger charge is -2.33. The number of nitrogens with zero attached hydrogens (tertiary/aromatic N) is 9. The van der Waals surface area contributed by atoms with Gasteiger partial charge in [0.25, 0.3) is 17.4 Å². The number of nitrogens with one attached hydrogen (secondary N) is 2. The molecule has 4 N–H and O–H groups in total. The molecule has 0 aliphatic carbocycles. The molecule has 306 valence electrons. The number of piperidine rings is 1. The van der Waals surface area contributed by atoms with E-state index in [0.29, 0.717) is 77.9 Å². The normalized spacial score (nSPS) is 13.9. The number of pyridine rings is 1. The van der Waals surface area contributed by atoms with Gasteiger partial charge in [0.15, 0.2) is 17.5 Å². The Kier molecular flexibility index (Phi) is 12.5. The maximum absolute atomic E-state index is 14.3. The van der Waals surface area contributed by atoms with Crippen molar-refractivity contribution in [1.29, 1.82) is 0 Å². The summed E-state index contributed by atoms with van der Waals surface area (Å²) in [6.45, 7) is 8.36. The number of ether oxygens (including phenoxy) is 2. The van der Waals surface area contributed by atoms with Crippen LogP contribution in [-0.2, 0) is 21.5 Å². The summed E-state index contributed by atoms with van der Waals surface area (Å²) in [5.41, 5.74) is 7.51. The van der Waals surface area contributed by atoms with Crippen LogP contribution in [0.1, 0.15) is 66.6 Å². The van der Waals surface area contributed by atoms with Crippen molar-refractivity contribution in [3.8, 4) is 5.75 Å². The van der Waals surface area contributed by atoms with Crippen LogP contribution in [0, 0.1) is 0 Å². The number of hydrogen-bond donors (Lipinski definition) is 3. The van der Waals surface area contributed by atoms with Crippen molar-refractivity contribution >= 4 is 58.0 Å². The van der Waals surface area contributed by atoms with Gasteiger partial charge in [-0.15, -0.1) is 16.4 Å². The number of thiazole rings is 1. The number of aromatic nitrogens is 7. The van der Waals surface area contributed by atoms with E-state index in [0.717, 1.165) is 17.0 Å². The van der Waals surface area contributed by atoms with Crippen LogP contribution in [0.5, 0.6) is 5.75 Å². The fraction of sp³-hybridized carbons (Fsp3) is 0.410.